The zero-order chi connectivity index (χ0) is 21.5. The predicted molar refractivity (Wildman–Crippen MR) is 114 cm³/mol. The van der Waals surface area contributed by atoms with E-state index >= 15 is 0 Å². The largest absolute Gasteiger partial charge is 0.202 e. The third kappa shape index (κ3) is 4.91. The van der Waals surface area contributed by atoms with Gasteiger partial charge in [-0.3, -0.25) is 0 Å². The number of benzene rings is 1. The van der Waals surface area contributed by atoms with E-state index in [9.17, 15) is 17.6 Å². The van der Waals surface area contributed by atoms with E-state index in [2.05, 4.69) is 22.9 Å². The molecule has 6 heteroatoms. The van der Waals surface area contributed by atoms with Gasteiger partial charge < -0.3 is 0 Å². The van der Waals surface area contributed by atoms with Crippen molar-refractivity contribution in [2.75, 3.05) is 0 Å². The van der Waals surface area contributed by atoms with Gasteiger partial charge in [-0.05, 0) is 36.3 Å². The summed E-state index contributed by atoms with van der Waals surface area (Å²) in [6, 6.07) is 4.93. The molecule has 0 aliphatic heterocycles. The lowest BCUT2D eigenvalue weighted by molar-refractivity contribution is 0.447. The zero-order valence-electron chi connectivity index (χ0n) is 17.8. The fourth-order valence-corrected chi connectivity index (χ4v) is 8.11. The van der Waals surface area contributed by atoms with Gasteiger partial charge in [0.2, 0.25) is 0 Å². The monoisotopic (exact) mass is 426 g/mol. The Balaban J connectivity index is 3.59. The second-order valence-corrected chi connectivity index (χ2v) is 17.1. The van der Waals surface area contributed by atoms with Crippen LogP contribution in [0.4, 0.5) is 17.6 Å². The molecule has 0 amide bonds. The molecule has 0 aliphatic rings. The van der Waals surface area contributed by atoms with E-state index in [-0.39, 0.29) is 0 Å². The average Bonchev–Trinajstić information content (AvgIpc) is 2.73. The molecule has 0 spiro atoms. The molecule has 0 aliphatic carbocycles. The van der Waals surface area contributed by atoms with Crippen molar-refractivity contribution in [2.24, 2.45) is 0 Å². The molecular formula is C22H30F4Si2. The molecule has 1 aromatic rings. The van der Waals surface area contributed by atoms with Crippen LogP contribution < -0.4 is 0 Å². The summed E-state index contributed by atoms with van der Waals surface area (Å²) < 4.78 is 58.1. The first kappa shape index (κ1) is 24.5. The van der Waals surface area contributed by atoms with Crippen LogP contribution in [0.25, 0.3) is 0 Å². The number of hydrogen-bond donors (Lipinski definition) is 0. The van der Waals surface area contributed by atoms with Gasteiger partial charge in [-0.25, -0.2) is 17.6 Å². The van der Waals surface area contributed by atoms with Crippen LogP contribution in [0, 0.1) is 46.2 Å². The minimum absolute atomic E-state index is 0.822. The minimum atomic E-state index is -2.01. The van der Waals surface area contributed by atoms with Crippen molar-refractivity contribution in [3.63, 3.8) is 0 Å². The summed E-state index contributed by atoms with van der Waals surface area (Å²) in [6.45, 7) is 12.0. The maximum atomic E-state index is 14.5. The Kier molecular flexibility index (Phi) is 9.04. The van der Waals surface area contributed by atoms with Gasteiger partial charge in [0.1, 0.15) is 27.3 Å². The van der Waals surface area contributed by atoms with E-state index in [0.717, 1.165) is 36.3 Å². The van der Waals surface area contributed by atoms with E-state index in [1.807, 2.05) is 41.5 Å². The van der Waals surface area contributed by atoms with Crippen LogP contribution in [-0.4, -0.2) is 16.1 Å². The van der Waals surface area contributed by atoms with Crippen LogP contribution in [0.2, 0.25) is 36.3 Å². The first-order valence-electron chi connectivity index (χ1n) is 10.1. The van der Waals surface area contributed by atoms with Crippen LogP contribution >= 0.6 is 0 Å². The Morgan fingerprint density at radius 3 is 0.893 bits per heavy atom. The summed E-state index contributed by atoms with van der Waals surface area (Å²) >= 11 is 0. The summed E-state index contributed by atoms with van der Waals surface area (Å²) in [5, 5.41) is 0. The average molecular weight is 427 g/mol. The Labute approximate surface area is 169 Å². The standard InChI is InChI=1S/C22H30F4Si2/c1-7-27(8-2,9-3)15-13-17-19(23)21(25)18(22(26)20(17)24)14-16-28(10-4,11-5)12-6/h7-12H2,1-6H3. The Morgan fingerprint density at radius 2 is 0.714 bits per heavy atom. The van der Waals surface area contributed by atoms with E-state index in [1.54, 1.807) is 0 Å². The molecule has 154 valence electrons. The Hall–Kier alpha value is -1.51. The molecule has 0 aromatic heterocycles. The maximum Gasteiger partial charge on any atom is 0.178 e. The highest BCUT2D eigenvalue weighted by molar-refractivity contribution is 6.87. The van der Waals surface area contributed by atoms with E-state index in [0.29, 0.717) is 0 Å². The summed E-state index contributed by atoms with van der Waals surface area (Å²) in [6.07, 6.45) is 0. The van der Waals surface area contributed by atoms with Crippen molar-refractivity contribution >= 4 is 16.1 Å². The topological polar surface area (TPSA) is 0 Å². The fourth-order valence-electron chi connectivity index (χ4n) is 3.27. The van der Waals surface area contributed by atoms with Crippen LogP contribution in [-0.2, 0) is 0 Å². The van der Waals surface area contributed by atoms with E-state index < -0.39 is 50.5 Å². The highest BCUT2D eigenvalue weighted by atomic mass is 28.3. The lowest BCUT2D eigenvalue weighted by atomic mass is 10.1. The van der Waals surface area contributed by atoms with Gasteiger partial charge in [0, 0.05) is 0 Å². The van der Waals surface area contributed by atoms with Crippen LogP contribution in [0.5, 0.6) is 0 Å². The highest BCUT2D eigenvalue weighted by Gasteiger charge is 2.28. The Bertz CT molecular complexity index is 702. The van der Waals surface area contributed by atoms with Gasteiger partial charge >= 0.3 is 0 Å². The normalized spacial score (nSPS) is 11.5. The molecule has 0 nitrogen and oxygen atoms in total. The molecule has 1 rings (SSSR count). The molecule has 0 saturated heterocycles. The smallest absolute Gasteiger partial charge is 0.178 e. The summed E-state index contributed by atoms with van der Waals surface area (Å²) in [5.41, 5.74) is 4.33. The van der Waals surface area contributed by atoms with Crippen LogP contribution in [0.1, 0.15) is 52.7 Å². The third-order valence-electron chi connectivity index (χ3n) is 6.23. The molecule has 0 N–H and O–H groups in total. The quantitative estimate of drug-likeness (QED) is 0.198. The first-order valence-corrected chi connectivity index (χ1v) is 15.4. The third-order valence-corrected chi connectivity index (χ3v) is 15.7. The van der Waals surface area contributed by atoms with Gasteiger partial charge in [-0.2, -0.15) is 0 Å². The highest BCUT2D eigenvalue weighted by Crippen LogP contribution is 2.25. The van der Waals surface area contributed by atoms with Gasteiger partial charge in [0.05, 0.1) is 0 Å². The molecular weight excluding hydrogens is 396 g/mol. The summed E-state index contributed by atoms with van der Waals surface area (Å²) in [4.78, 5) is 0. The van der Waals surface area contributed by atoms with Crippen molar-refractivity contribution in [3.8, 4) is 22.9 Å². The molecule has 0 bridgehead atoms. The summed E-state index contributed by atoms with van der Waals surface area (Å²) in [5.74, 6) is -0.919. The molecule has 0 saturated carbocycles. The molecule has 28 heavy (non-hydrogen) atoms. The number of hydrogen-bond acceptors (Lipinski definition) is 0. The molecule has 0 unspecified atom stereocenters. The second-order valence-electron chi connectivity index (χ2n) is 7.19. The minimum Gasteiger partial charge on any atom is -0.202 e. The SMILES string of the molecule is CC[Si](C#Cc1c(F)c(F)c(C#C[Si](CC)(CC)CC)c(F)c1F)(CC)CC. The van der Waals surface area contributed by atoms with Crippen LogP contribution in [0.15, 0.2) is 0 Å². The van der Waals surface area contributed by atoms with E-state index in [1.165, 1.54) is 0 Å². The van der Waals surface area contributed by atoms with Crippen molar-refractivity contribution < 1.29 is 17.6 Å². The van der Waals surface area contributed by atoms with Crippen molar-refractivity contribution in [1.82, 2.24) is 0 Å². The molecule has 1 aromatic carbocycles. The lowest BCUT2D eigenvalue weighted by Gasteiger charge is -2.20. The second kappa shape index (κ2) is 10.3. The molecule has 0 radical (unpaired) electrons. The number of rotatable bonds is 6. The maximum absolute atomic E-state index is 14.5. The van der Waals surface area contributed by atoms with E-state index in [4.69, 9.17) is 0 Å². The van der Waals surface area contributed by atoms with Gasteiger partial charge in [0.15, 0.2) is 23.3 Å². The van der Waals surface area contributed by atoms with Gasteiger partial charge in [0.25, 0.3) is 0 Å². The molecule has 0 heterocycles. The van der Waals surface area contributed by atoms with Crippen molar-refractivity contribution in [1.29, 1.82) is 0 Å². The predicted octanol–water partition coefficient (Wildman–Crippen LogP) is 7.04. The zero-order valence-corrected chi connectivity index (χ0v) is 19.8. The molecule has 0 fully saturated rings. The number of halogens is 4. The lowest BCUT2D eigenvalue weighted by Crippen LogP contribution is -2.29. The fraction of sp³-hybridized carbons (Fsp3) is 0.545. The molecule has 0 atom stereocenters. The van der Waals surface area contributed by atoms with Crippen molar-refractivity contribution in [3.05, 3.63) is 34.4 Å². The van der Waals surface area contributed by atoms with Gasteiger partial charge in [-0.1, -0.05) is 53.4 Å². The summed E-state index contributed by atoms with van der Waals surface area (Å²) in [7, 11) is -4.02. The first-order chi connectivity index (χ1) is 13.2. The van der Waals surface area contributed by atoms with Crippen molar-refractivity contribution in [2.45, 2.75) is 77.8 Å². The Morgan fingerprint density at radius 1 is 0.500 bits per heavy atom. The van der Waals surface area contributed by atoms with Gasteiger partial charge in [-0.15, -0.1) is 11.1 Å². The van der Waals surface area contributed by atoms with Crippen LogP contribution in [0.3, 0.4) is 0 Å².